The maximum atomic E-state index is 4.87. The van der Waals surface area contributed by atoms with Gasteiger partial charge >= 0.3 is 0 Å². The summed E-state index contributed by atoms with van der Waals surface area (Å²) in [5.41, 5.74) is 0.810. The van der Waals surface area contributed by atoms with Crippen molar-refractivity contribution in [3.8, 4) is 0 Å². The average Bonchev–Trinajstić information content (AvgIpc) is 2.09. The summed E-state index contributed by atoms with van der Waals surface area (Å²) in [6.45, 7) is 0. The second-order valence-electron chi connectivity index (χ2n) is 1.83. The van der Waals surface area contributed by atoms with Gasteiger partial charge in [-0.05, 0) is 12.1 Å². The van der Waals surface area contributed by atoms with Crippen LogP contribution in [0, 0.1) is 0 Å². The first-order chi connectivity index (χ1) is 5.38. The number of rotatable bonds is 3. The fourth-order valence-corrected chi connectivity index (χ4v) is 0.751. The zero-order chi connectivity index (χ0) is 8.10. The maximum absolute atomic E-state index is 4.87. The topological polar surface area (TPSA) is 34.6 Å². The molecule has 0 spiro atoms. The first-order valence-electron chi connectivity index (χ1n) is 3.17. The largest absolute Gasteiger partial charge is 0.265 e. The summed E-state index contributed by atoms with van der Waals surface area (Å²) < 4.78 is 0. The van der Waals surface area contributed by atoms with E-state index in [0.29, 0.717) is 0 Å². The Morgan fingerprint density at radius 2 is 1.73 bits per heavy atom. The minimum absolute atomic E-state index is 0.810. The van der Waals surface area contributed by atoms with Gasteiger partial charge in [0, 0.05) is 12.4 Å². The molecule has 0 fully saturated rings. The highest BCUT2D eigenvalue weighted by molar-refractivity contribution is 5.38. The van der Waals surface area contributed by atoms with Gasteiger partial charge in [0.2, 0.25) is 0 Å². The lowest BCUT2D eigenvalue weighted by Crippen LogP contribution is -2.19. The first kappa shape index (κ1) is 7.97. The van der Waals surface area contributed by atoms with Gasteiger partial charge < -0.3 is 0 Å². The number of hydrogen-bond acceptors (Lipinski definition) is 4. The van der Waals surface area contributed by atoms with Crippen molar-refractivity contribution in [2.45, 2.75) is 0 Å². The van der Waals surface area contributed by atoms with Crippen molar-refractivity contribution in [3.05, 3.63) is 24.5 Å². The Morgan fingerprint density at radius 3 is 2.18 bits per heavy atom. The number of nitrogens with zero attached hydrogens (tertiary/aromatic N) is 2. The van der Waals surface area contributed by atoms with Crippen molar-refractivity contribution >= 4 is 5.69 Å². The Labute approximate surface area is 65.3 Å². The normalized spacial score (nSPS) is 9.64. The van der Waals surface area contributed by atoms with Gasteiger partial charge in [-0.25, -0.2) is 0 Å². The van der Waals surface area contributed by atoms with E-state index in [0.717, 1.165) is 5.69 Å². The van der Waals surface area contributed by atoms with Crippen LogP contribution >= 0.6 is 0 Å². The lowest BCUT2D eigenvalue weighted by Gasteiger charge is -2.16. The molecule has 1 rings (SSSR count). The second kappa shape index (κ2) is 3.90. The molecule has 0 amide bonds. The average molecular weight is 154 g/mol. The zero-order valence-electron chi connectivity index (χ0n) is 6.52. The van der Waals surface area contributed by atoms with E-state index >= 15 is 0 Å². The molecule has 0 unspecified atom stereocenters. The summed E-state index contributed by atoms with van der Waals surface area (Å²) in [6.07, 6.45) is 3.33. The van der Waals surface area contributed by atoms with Crippen LogP contribution in [0.25, 0.3) is 0 Å². The van der Waals surface area contributed by atoms with E-state index in [1.54, 1.807) is 24.5 Å². The van der Waals surface area contributed by atoms with Crippen LogP contribution < -0.4 is 5.23 Å². The third-order valence-corrected chi connectivity index (χ3v) is 1.21. The molecule has 60 valence electrons. The molecule has 1 aromatic heterocycles. The van der Waals surface area contributed by atoms with Gasteiger partial charge in [-0.2, -0.15) is 0 Å². The molecule has 0 N–H and O–H groups in total. The van der Waals surface area contributed by atoms with E-state index in [9.17, 15) is 0 Å². The fourth-order valence-electron chi connectivity index (χ4n) is 0.751. The third kappa shape index (κ3) is 1.89. The first-order valence-corrected chi connectivity index (χ1v) is 3.17. The van der Waals surface area contributed by atoms with Crippen LogP contribution in [-0.2, 0) is 9.68 Å². The molecule has 4 heteroatoms. The van der Waals surface area contributed by atoms with Crippen LogP contribution in [0.15, 0.2) is 24.5 Å². The number of anilines is 1. The van der Waals surface area contributed by atoms with Crippen LogP contribution in [0.5, 0.6) is 0 Å². The predicted molar refractivity (Wildman–Crippen MR) is 40.7 cm³/mol. The summed E-state index contributed by atoms with van der Waals surface area (Å²) in [7, 11) is 3.06. The number of hydrogen-bond donors (Lipinski definition) is 0. The quantitative estimate of drug-likeness (QED) is 0.608. The van der Waals surface area contributed by atoms with Gasteiger partial charge in [0.25, 0.3) is 0 Å². The molecule has 11 heavy (non-hydrogen) atoms. The molecule has 0 saturated heterocycles. The minimum Gasteiger partial charge on any atom is -0.265 e. The van der Waals surface area contributed by atoms with Crippen molar-refractivity contribution in [1.29, 1.82) is 0 Å². The van der Waals surface area contributed by atoms with Crippen LogP contribution in [0.2, 0.25) is 0 Å². The molecule has 0 aliphatic heterocycles. The highest BCUT2D eigenvalue weighted by Crippen LogP contribution is 2.10. The van der Waals surface area contributed by atoms with E-state index in [-0.39, 0.29) is 0 Å². The molecule has 1 aromatic rings. The molecular weight excluding hydrogens is 144 g/mol. The molecule has 0 saturated carbocycles. The van der Waals surface area contributed by atoms with Crippen molar-refractivity contribution in [3.63, 3.8) is 0 Å². The number of aromatic nitrogens is 1. The lowest BCUT2D eigenvalue weighted by atomic mass is 10.4. The molecule has 0 atom stereocenters. The SMILES string of the molecule is CON(OC)c1ccncc1. The summed E-state index contributed by atoms with van der Waals surface area (Å²) >= 11 is 0. The Hall–Kier alpha value is -1.13. The highest BCUT2D eigenvalue weighted by Gasteiger charge is 2.00. The minimum atomic E-state index is 0.810. The summed E-state index contributed by atoms with van der Waals surface area (Å²) in [5.74, 6) is 0. The van der Waals surface area contributed by atoms with Crippen molar-refractivity contribution in [2.75, 3.05) is 19.4 Å². The zero-order valence-corrected chi connectivity index (χ0v) is 6.52. The smallest absolute Gasteiger partial charge is 0.0977 e. The van der Waals surface area contributed by atoms with Gasteiger partial charge in [-0.15, -0.1) is 5.23 Å². The van der Waals surface area contributed by atoms with Gasteiger partial charge in [-0.1, -0.05) is 0 Å². The summed E-state index contributed by atoms with van der Waals surface area (Å²) in [4.78, 5) is 13.6. The Balaban J connectivity index is 2.74. The van der Waals surface area contributed by atoms with E-state index in [1.165, 1.54) is 19.4 Å². The molecule has 0 aromatic carbocycles. The second-order valence-corrected chi connectivity index (χ2v) is 1.83. The van der Waals surface area contributed by atoms with Crippen molar-refractivity contribution in [2.24, 2.45) is 0 Å². The Morgan fingerprint density at radius 1 is 1.18 bits per heavy atom. The number of pyridine rings is 1. The van der Waals surface area contributed by atoms with Gasteiger partial charge in [0.05, 0.1) is 19.9 Å². The van der Waals surface area contributed by atoms with Gasteiger partial charge in [0.1, 0.15) is 0 Å². The van der Waals surface area contributed by atoms with Crippen LogP contribution in [0.1, 0.15) is 0 Å². The molecule has 1 heterocycles. The maximum Gasteiger partial charge on any atom is 0.0977 e. The Bertz CT molecular complexity index is 199. The third-order valence-electron chi connectivity index (χ3n) is 1.21. The van der Waals surface area contributed by atoms with E-state index in [4.69, 9.17) is 9.68 Å². The molecule has 4 nitrogen and oxygen atoms in total. The van der Waals surface area contributed by atoms with Crippen molar-refractivity contribution < 1.29 is 9.68 Å². The highest BCUT2D eigenvalue weighted by atomic mass is 16.9. The lowest BCUT2D eigenvalue weighted by molar-refractivity contribution is -0.0433. The molecular formula is C7H10N2O2. The van der Waals surface area contributed by atoms with Crippen LogP contribution in [-0.4, -0.2) is 19.2 Å². The van der Waals surface area contributed by atoms with Crippen LogP contribution in [0.4, 0.5) is 5.69 Å². The van der Waals surface area contributed by atoms with E-state index in [1.807, 2.05) is 0 Å². The van der Waals surface area contributed by atoms with E-state index < -0.39 is 0 Å². The van der Waals surface area contributed by atoms with Crippen LogP contribution in [0.3, 0.4) is 0 Å². The summed E-state index contributed by atoms with van der Waals surface area (Å²) in [6, 6.07) is 3.57. The molecule has 0 radical (unpaired) electrons. The monoisotopic (exact) mass is 154 g/mol. The van der Waals surface area contributed by atoms with Gasteiger partial charge in [-0.3, -0.25) is 14.7 Å². The fraction of sp³-hybridized carbons (Fsp3) is 0.286. The molecule has 0 aliphatic carbocycles. The molecule has 0 bridgehead atoms. The van der Waals surface area contributed by atoms with E-state index in [2.05, 4.69) is 4.98 Å². The Kier molecular flexibility index (Phi) is 2.83. The van der Waals surface area contributed by atoms with Gasteiger partial charge in [0.15, 0.2) is 0 Å². The van der Waals surface area contributed by atoms with Crippen molar-refractivity contribution in [1.82, 2.24) is 4.98 Å². The summed E-state index contributed by atoms with van der Waals surface area (Å²) in [5, 5.41) is 1.29. The predicted octanol–water partition coefficient (Wildman–Crippen LogP) is 1.01. The standard InChI is InChI=1S/C7H10N2O2/c1-10-9(11-2)7-3-5-8-6-4-7/h3-6H,1-2H3. The molecule has 0 aliphatic rings.